The van der Waals surface area contributed by atoms with Gasteiger partial charge in [-0.15, -0.1) is 0 Å². The minimum absolute atomic E-state index is 0.0602. The van der Waals surface area contributed by atoms with E-state index in [1.807, 2.05) is 36.4 Å². The third-order valence-electron chi connectivity index (χ3n) is 3.37. The summed E-state index contributed by atoms with van der Waals surface area (Å²) in [5.74, 6) is 0. The molecule has 20 heavy (non-hydrogen) atoms. The normalized spacial score (nSPS) is 11.2. The van der Waals surface area contributed by atoms with Gasteiger partial charge in [0.2, 0.25) is 5.43 Å². The van der Waals surface area contributed by atoms with Crippen LogP contribution in [0.1, 0.15) is 0 Å². The van der Waals surface area contributed by atoms with Crippen molar-refractivity contribution >= 4 is 22.0 Å². The van der Waals surface area contributed by atoms with Crippen LogP contribution < -0.4 is 5.43 Å². The fourth-order valence-electron chi connectivity index (χ4n) is 2.39. The van der Waals surface area contributed by atoms with Gasteiger partial charge in [0.05, 0.1) is 16.4 Å². The van der Waals surface area contributed by atoms with Crippen LogP contribution in [0.5, 0.6) is 0 Å². The van der Waals surface area contributed by atoms with Crippen molar-refractivity contribution in [2.24, 2.45) is 0 Å². The fourth-order valence-corrected chi connectivity index (χ4v) is 2.39. The van der Waals surface area contributed by atoms with Gasteiger partial charge in [0.1, 0.15) is 23.9 Å². The number of hydrogen-bond donors (Lipinski definition) is 0. The molecule has 2 heterocycles. The number of aromatic nitrogens is 2. The van der Waals surface area contributed by atoms with Gasteiger partial charge in [-0.25, -0.2) is 4.98 Å². The summed E-state index contributed by atoms with van der Waals surface area (Å²) in [4.78, 5) is 16.9. The van der Waals surface area contributed by atoms with Gasteiger partial charge in [0.15, 0.2) is 0 Å². The van der Waals surface area contributed by atoms with Crippen LogP contribution in [0.3, 0.4) is 0 Å². The highest BCUT2D eigenvalue weighted by Gasteiger charge is 2.10. The predicted molar refractivity (Wildman–Crippen MR) is 77.1 cm³/mol. The number of rotatable bonds is 1. The van der Waals surface area contributed by atoms with Crippen molar-refractivity contribution in [3.63, 3.8) is 0 Å². The van der Waals surface area contributed by atoms with Crippen LogP contribution in [0.15, 0.2) is 70.3 Å². The second-order valence-corrected chi connectivity index (χ2v) is 4.55. The Morgan fingerprint density at radius 3 is 2.75 bits per heavy atom. The molecule has 0 saturated heterocycles. The van der Waals surface area contributed by atoms with Gasteiger partial charge in [-0.05, 0) is 24.3 Å². The number of nitrogens with zero attached hydrogens (tertiary/aromatic N) is 2. The number of benzene rings is 2. The second kappa shape index (κ2) is 4.06. The molecule has 0 aliphatic rings. The molecule has 0 spiro atoms. The summed E-state index contributed by atoms with van der Waals surface area (Å²) in [6.07, 6.45) is 3.13. The minimum atomic E-state index is -0.0602. The molecule has 0 saturated carbocycles. The Labute approximate surface area is 113 Å². The Morgan fingerprint density at radius 2 is 1.80 bits per heavy atom. The highest BCUT2D eigenvalue weighted by molar-refractivity contribution is 5.81. The zero-order valence-electron chi connectivity index (χ0n) is 10.5. The third kappa shape index (κ3) is 1.48. The van der Waals surface area contributed by atoms with Crippen LogP contribution in [0, 0.1) is 0 Å². The van der Waals surface area contributed by atoms with Crippen molar-refractivity contribution in [2.45, 2.75) is 0 Å². The average Bonchev–Trinajstić information content (AvgIpc) is 2.92. The fraction of sp³-hybridized carbons (Fsp3) is 0. The maximum atomic E-state index is 12.6. The van der Waals surface area contributed by atoms with Crippen molar-refractivity contribution in [1.82, 2.24) is 9.55 Å². The molecule has 0 radical (unpaired) electrons. The summed E-state index contributed by atoms with van der Waals surface area (Å²) in [5.41, 5.74) is 2.73. The standard InChI is InChI=1S/C16H10N2O2/c19-16-11-5-1-4-8-15(11)20-9-14(16)18-10-17-12-6-2-3-7-13(12)18/h1-10H. The first-order chi connectivity index (χ1) is 9.84. The maximum absolute atomic E-state index is 12.6. The Hall–Kier alpha value is -2.88. The Kier molecular flexibility index (Phi) is 2.23. The first kappa shape index (κ1) is 11.0. The summed E-state index contributed by atoms with van der Waals surface area (Å²) in [5, 5.41) is 0.572. The zero-order chi connectivity index (χ0) is 13.5. The molecule has 0 atom stereocenters. The number of imidazole rings is 1. The lowest BCUT2D eigenvalue weighted by atomic mass is 10.2. The van der Waals surface area contributed by atoms with E-state index >= 15 is 0 Å². The quantitative estimate of drug-likeness (QED) is 0.529. The first-order valence-corrected chi connectivity index (χ1v) is 6.27. The summed E-state index contributed by atoms with van der Waals surface area (Å²) >= 11 is 0. The average molecular weight is 262 g/mol. The second-order valence-electron chi connectivity index (χ2n) is 4.55. The molecular weight excluding hydrogens is 252 g/mol. The maximum Gasteiger partial charge on any atom is 0.216 e. The van der Waals surface area contributed by atoms with Gasteiger partial charge in [0.25, 0.3) is 0 Å². The van der Waals surface area contributed by atoms with E-state index < -0.39 is 0 Å². The minimum Gasteiger partial charge on any atom is -0.462 e. The van der Waals surface area contributed by atoms with Gasteiger partial charge in [0, 0.05) is 0 Å². The van der Waals surface area contributed by atoms with Crippen molar-refractivity contribution in [3.05, 3.63) is 71.3 Å². The van der Waals surface area contributed by atoms with Crippen LogP contribution in [0.25, 0.3) is 27.7 Å². The van der Waals surface area contributed by atoms with E-state index in [9.17, 15) is 4.79 Å². The highest BCUT2D eigenvalue weighted by atomic mass is 16.3. The van der Waals surface area contributed by atoms with Gasteiger partial charge < -0.3 is 4.42 Å². The van der Waals surface area contributed by atoms with Crippen LogP contribution in [0.2, 0.25) is 0 Å². The molecule has 2 aromatic carbocycles. The lowest BCUT2D eigenvalue weighted by molar-refractivity contribution is 0.598. The van der Waals surface area contributed by atoms with Gasteiger partial charge in [-0.1, -0.05) is 24.3 Å². The first-order valence-electron chi connectivity index (χ1n) is 6.27. The van der Waals surface area contributed by atoms with Crippen molar-refractivity contribution in [1.29, 1.82) is 0 Å². The molecule has 4 nitrogen and oxygen atoms in total. The van der Waals surface area contributed by atoms with Crippen LogP contribution in [0.4, 0.5) is 0 Å². The topological polar surface area (TPSA) is 48.0 Å². The molecule has 0 unspecified atom stereocenters. The number of fused-ring (bicyclic) bond motifs is 2. The van der Waals surface area contributed by atoms with Crippen LogP contribution in [-0.2, 0) is 0 Å². The van der Waals surface area contributed by atoms with Crippen molar-refractivity contribution in [3.8, 4) is 5.69 Å². The lowest BCUT2D eigenvalue weighted by Gasteiger charge is -2.04. The van der Waals surface area contributed by atoms with E-state index in [0.29, 0.717) is 16.7 Å². The lowest BCUT2D eigenvalue weighted by Crippen LogP contribution is -2.10. The molecule has 96 valence electrons. The third-order valence-corrected chi connectivity index (χ3v) is 3.37. The molecule has 4 rings (SSSR count). The molecular formula is C16H10N2O2. The molecule has 0 bridgehead atoms. The molecule has 0 N–H and O–H groups in total. The van der Waals surface area contributed by atoms with Gasteiger partial charge in [-0.3, -0.25) is 9.36 Å². The van der Waals surface area contributed by atoms with E-state index in [1.165, 1.54) is 6.26 Å². The largest absolute Gasteiger partial charge is 0.462 e. The monoisotopic (exact) mass is 262 g/mol. The Balaban J connectivity index is 2.08. The van der Waals surface area contributed by atoms with Crippen molar-refractivity contribution < 1.29 is 4.42 Å². The van der Waals surface area contributed by atoms with Crippen LogP contribution >= 0.6 is 0 Å². The van der Waals surface area contributed by atoms with E-state index in [2.05, 4.69) is 4.98 Å². The molecule has 4 heteroatoms. The van der Waals surface area contributed by atoms with Gasteiger partial charge in [-0.2, -0.15) is 0 Å². The van der Waals surface area contributed by atoms with Gasteiger partial charge >= 0.3 is 0 Å². The molecule has 2 aromatic heterocycles. The molecule has 0 amide bonds. The van der Waals surface area contributed by atoms with E-state index in [0.717, 1.165) is 11.0 Å². The highest BCUT2D eigenvalue weighted by Crippen LogP contribution is 2.18. The van der Waals surface area contributed by atoms with E-state index in [-0.39, 0.29) is 5.43 Å². The molecule has 0 fully saturated rings. The zero-order valence-corrected chi connectivity index (χ0v) is 10.5. The summed E-state index contributed by atoms with van der Waals surface area (Å²) < 4.78 is 7.31. The van der Waals surface area contributed by atoms with Crippen molar-refractivity contribution in [2.75, 3.05) is 0 Å². The molecule has 4 aromatic rings. The molecule has 0 aliphatic heterocycles. The summed E-state index contributed by atoms with van der Waals surface area (Å²) in [6, 6.07) is 14.9. The van der Waals surface area contributed by atoms with E-state index in [4.69, 9.17) is 4.42 Å². The predicted octanol–water partition coefficient (Wildman–Crippen LogP) is 3.13. The number of hydrogen-bond acceptors (Lipinski definition) is 3. The smallest absolute Gasteiger partial charge is 0.216 e. The number of para-hydroxylation sites is 3. The SMILES string of the molecule is O=c1c(-n2cnc3ccccc32)coc2ccccc12. The summed E-state index contributed by atoms with van der Waals surface area (Å²) in [6.45, 7) is 0. The Morgan fingerprint density at radius 1 is 1.00 bits per heavy atom. The summed E-state index contributed by atoms with van der Waals surface area (Å²) in [7, 11) is 0. The molecule has 0 aliphatic carbocycles. The Bertz CT molecular complexity index is 982. The van der Waals surface area contributed by atoms with E-state index in [1.54, 1.807) is 23.0 Å². The van der Waals surface area contributed by atoms with Crippen LogP contribution in [-0.4, -0.2) is 9.55 Å².